The van der Waals surface area contributed by atoms with Crippen LogP contribution in [-0.2, 0) is 9.53 Å². The molecule has 180 valence electrons. The Bertz CT molecular complexity index is 353. The lowest BCUT2D eigenvalue weighted by Gasteiger charge is -2.19. The third-order valence-corrected chi connectivity index (χ3v) is 6.54. The van der Waals surface area contributed by atoms with Gasteiger partial charge in [0.05, 0.1) is 12.5 Å². The van der Waals surface area contributed by atoms with Crippen LogP contribution in [0.1, 0.15) is 156 Å². The van der Waals surface area contributed by atoms with E-state index in [2.05, 4.69) is 27.7 Å². The minimum absolute atomic E-state index is 0.0440. The van der Waals surface area contributed by atoms with Crippen molar-refractivity contribution in [3.05, 3.63) is 0 Å². The Hall–Kier alpha value is -0.530. The van der Waals surface area contributed by atoms with Crippen LogP contribution in [0, 0.1) is 11.8 Å². The van der Waals surface area contributed by atoms with Crippen LogP contribution in [0.15, 0.2) is 0 Å². The molecule has 0 bridgehead atoms. The predicted octanol–water partition coefficient (Wildman–Crippen LogP) is 9.64. The zero-order chi connectivity index (χ0) is 22.3. The van der Waals surface area contributed by atoms with E-state index in [0.29, 0.717) is 12.5 Å². The standard InChI is InChI=1S/C28H56O2/c1-5-8-11-14-17-19-22-26(4)28(29)30-25-27(23-20-16-13-10-7-3)24-21-18-15-12-9-6-2/h26-27H,5-25H2,1-4H3. The number of hydrogen-bond donors (Lipinski definition) is 0. The molecular weight excluding hydrogens is 368 g/mol. The molecule has 0 N–H and O–H groups in total. The molecule has 0 saturated heterocycles. The highest BCUT2D eigenvalue weighted by atomic mass is 16.5. The first-order valence-electron chi connectivity index (χ1n) is 13.8. The van der Waals surface area contributed by atoms with Gasteiger partial charge in [0.25, 0.3) is 0 Å². The van der Waals surface area contributed by atoms with E-state index in [1.165, 1.54) is 122 Å². The van der Waals surface area contributed by atoms with Crippen molar-refractivity contribution in [3.63, 3.8) is 0 Å². The molecule has 0 aliphatic heterocycles. The predicted molar refractivity (Wildman–Crippen MR) is 133 cm³/mol. The highest BCUT2D eigenvalue weighted by molar-refractivity contribution is 5.71. The monoisotopic (exact) mass is 424 g/mol. The number of rotatable bonds is 23. The Morgan fingerprint density at radius 2 is 0.933 bits per heavy atom. The van der Waals surface area contributed by atoms with Crippen LogP contribution < -0.4 is 0 Å². The van der Waals surface area contributed by atoms with Gasteiger partial charge in [0.15, 0.2) is 0 Å². The minimum Gasteiger partial charge on any atom is -0.465 e. The molecule has 2 heteroatoms. The van der Waals surface area contributed by atoms with Crippen molar-refractivity contribution in [3.8, 4) is 0 Å². The van der Waals surface area contributed by atoms with E-state index in [9.17, 15) is 4.79 Å². The zero-order valence-electron chi connectivity index (χ0n) is 21.3. The molecule has 2 unspecified atom stereocenters. The smallest absolute Gasteiger partial charge is 0.308 e. The van der Waals surface area contributed by atoms with Gasteiger partial charge in [-0.1, -0.05) is 137 Å². The van der Waals surface area contributed by atoms with Crippen LogP contribution in [-0.4, -0.2) is 12.6 Å². The molecule has 0 amide bonds. The lowest BCUT2D eigenvalue weighted by molar-refractivity contribution is -0.149. The van der Waals surface area contributed by atoms with Crippen molar-refractivity contribution >= 4 is 5.97 Å². The summed E-state index contributed by atoms with van der Waals surface area (Å²) in [4.78, 5) is 12.5. The van der Waals surface area contributed by atoms with Gasteiger partial charge in [-0.25, -0.2) is 0 Å². The quantitative estimate of drug-likeness (QED) is 0.120. The Balaban J connectivity index is 4.09. The molecule has 0 radical (unpaired) electrons. The average Bonchev–Trinajstić information content (AvgIpc) is 2.75. The third kappa shape index (κ3) is 19.4. The van der Waals surface area contributed by atoms with Gasteiger partial charge in [0, 0.05) is 0 Å². The summed E-state index contributed by atoms with van der Waals surface area (Å²) in [6, 6.07) is 0. The Morgan fingerprint density at radius 1 is 0.567 bits per heavy atom. The Labute approximate surface area is 190 Å². The second kappa shape index (κ2) is 23.1. The summed E-state index contributed by atoms with van der Waals surface area (Å²) in [5, 5.41) is 0. The van der Waals surface area contributed by atoms with Crippen molar-refractivity contribution < 1.29 is 9.53 Å². The summed E-state index contributed by atoms with van der Waals surface area (Å²) >= 11 is 0. The average molecular weight is 425 g/mol. The minimum atomic E-state index is 0.0440. The van der Waals surface area contributed by atoms with E-state index >= 15 is 0 Å². The van der Waals surface area contributed by atoms with Crippen LogP contribution in [0.4, 0.5) is 0 Å². The Morgan fingerprint density at radius 3 is 1.37 bits per heavy atom. The normalized spacial score (nSPS) is 13.3. The molecule has 30 heavy (non-hydrogen) atoms. The summed E-state index contributed by atoms with van der Waals surface area (Å²) in [5.41, 5.74) is 0. The topological polar surface area (TPSA) is 26.3 Å². The number of esters is 1. The van der Waals surface area contributed by atoms with Gasteiger partial charge in [-0.05, 0) is 25.2 Å². The van der Waals surface area contributed by atoms with Gasteiger partial charge < -0.3 is 4.74 Å². The fraction of sp³-hybridized carbons (Fsp3) is 0.964. The number of unbranched alkanes of at least 4 members (excludes halogenated alkanes) is 14. The maximum Gasteiger partial charge on any atom is 0.308 e. The highest BCUT2D eigenvalue weighted by Gasteiger charge is 2.17. The molecule has 0 aromatic heterocycles. The van der Waals surface area contributed by atoms with E-state index in [4.69, 9.17) is 4.74 Å². The lowest BCUT2D eigenvalue weighted by Crippen LogP contribution is -2.20. The van der Waals surface area contributed by atoms with Crippen LogP contribution in [0.2, 0.25) is 0 Å². The maximum absolute atomic E-state index is 12.5. The van der Waals surface area contributed by atoms with Gasteiger partial charge >= 0.3 is 5.97 Å². The van der Waals surface area contributed by atoms with E-state index < -0.39 is 0 Å². The van der Waals surface area contributed by atoms with E-state index in [-0.39, 0.29) is 11.9 Å². The fourth-order valence-electron chi connectivity index (χ4n) is 4.25. The highest BCUT2D eigenvalue weighted by Crippen LogP contribution is 2.21. The fourth-order valence-corrected chi connectivity index (χ4v) is 4.25. The molecule has 0 rings (SSSR count). The molecule has 0 aliphatic rings. The van der Waals surface area contributed by atoms with Gasteiger partial charge in [0.2, 0.25) is 0 Å². The first-order chi connectivity index (χ1) is 14.7. The Kier molecular flexibility index (Phi) is 22.7. The van der Waals surface area contributed by atoms with Crippen molar-refractivity contribution in [2.24, 2.45) is 11.8 Å². The molecule has 0 aromatic carbocycles. The summed E-state index contributed by atoms with van der Waals surface area (Å²) in [6.07, 6.45) is 25.9. The molecule has 0 fully saturated rings. The summed E-state index contributed by atoms with van der Waals surface area (Å²) in [5.74, 6) is 0.681. The van der Waals surface area contributed by atoms with Gasteiger partial charge in [-0.2, -0.15) is 0 Å². The van der Waals surface area contributed by atoms with Gasteiger partial charge in [-0.3, -0.25) is 4.79 Å². The molecule has 0 heterocycles. The van der Waals surface area contributed by atoms with Crippen LogP contribution >= 0.6 is 0 Å². The van der Waals surface area contributed by atoms with Crippen molar-refractivity contribution in [1.29, 1.82) is 0 Å². The summed E-state index contributed by atoms with van der Waals surface area (Å²) in [6.45, 7) is 9.51. The molecule has 0 aliphatic carbocycles. The molecular formula is C28H56O2. The van der Waals surface area contributed by atoms with E-state index in [1.807, 2.05) is 0 Å². The third-order valence-electron chi connectivity index (χ3n) is 6.54. The second-order valence-electron chi connectivity index (χ2n) is 9.71. The van der Waals surface area contributed by atoms with E-state index in [0.717, 1.165) is 6.42 Å². The van der Waals surface area contributed by atoms with Crippen molar-refractivity contribution in [2.45, 2.75) is 156 Å². The maximum atomic E-state index is 12.5. The van der Waals surface area contributed by atoms with Gasteiger partial charge in [-0.15, -0.1) is 0 Å². The number of ether oxygens (including phenoxy) is 1. The van der Waals surface area contributed by atoms with Crippen LogP contribution in [0.25, 0.3) is 0 Å². The molecule has 0 saturated carbocycles. The zero-order valence-corrected chi connectivity index (χ0v) is 21.3. The van der Waals surface area contributed by atoms with Gasteiger partial charge in [0.1, 0.15) is 0 Å². The number of carbonyl (C=O) groups is 1. The first kappa shape index (κ1) is 29.5. The number of hydrogen-bond acceptors (Lipinski definition) is 2. The van der Waals surface area contributed by atoms with Crippen molar-refractivity contribution in [1.82, 2.24) is 0 Å². The molecule has 2 atom stereocenters. The molecule has 2 nitrogen and oxygen atoms in total. The largest absolute Gasteiger partial charge is 0.465 e. The SMILES string of the molecule is CCCCCCCCC(CCCCCCC)COC(=O)C(C)CCCCCCCC. The second-order valence-corrected chi connectivity index (χ2v) is 9.71. The molecule has 0 spiro atoms. The van der Waals surface area contributed by atoms with Crippen molar-refractivity contribution in [2.75, 3.05) is 6.61 Å². The first-order valence-corrected chi connectivity index (χ1v) is 13.8. The summed E-state index contributed by atoms with van der Waals surface area (Å²) in [7, 11) is 0. The molecule has 0 aromatic rings. The lowest BCUT2D eigenvalue weighted by atomic mass is 9.94. The number of carbonyl (C=O) groups excluding carboxylic acids is 1. The van der Waals surface area contributed by atoms with Crippen LogP contribution in [0.5, 0.6) is 0 Å². The van der Waals surface area contributed by atoms with Crippen LogP contribution in [0.3, 0.4) is 0 Å². The van der Waals surface area contributed by atoms with E-state index in [1.54, 1.807) is 0 Å². The summed E-state index contributed by atoms with van der Waals surface area (Å²) < 4.78 is 5.80.